The largest absolute Gasteiger partial charge is 0.472 e. The molecule has 0 spiro atoms. The van der Waals surface area contributed by atoms with E-state index in [1.807, 2.05) is 0 Å². The predicted molar refractivity (Wildman–Crippen MR) is 400 cm³/mol. The van der Waals surface area contributed by atoms with Crippen molar-refractivity contribution in [1.29, 1.82) is 0 Å². The average molecular weight is 1440 g/mol. The Morgan fingerprint density at radius 1 is 0.255 bits per heavy atom. The zero-order valence-electron chi connectivity index (χ0n) is 64.4. The Kier molecular flexibility index (Phi) is 66.8. The molecule has 17 nitrogen and oxygen atoms in total. The number of phosphoric acid groups is 2. The van der Waals surface area contributed by atoms with Crippen molar-refractivity contribution in [2.24, 2.45) is 23.7 Å². The number of hydrogen-bond acceptors (Lipinski definition) is 15. The van der Waals surface area contributed by atoms with Gasteiger partial charge in [-0.15, -0.1) is 0 Å². The number of aliphatic hydroxyl groups is 1. The van der Waals surface area contributed by atoms with Crippen molar-refractivity contribution >= 4 is 39.5 Å². The van der Waals surface area contributed by atoms with E-state index in [1.54, 1.807) is 0 Å². The van der Waals surface area contributed by atoms with E-state index in [0.29, 0.717) is 31.6 Å². The number of carbonyl (C=O) groups excluding carboxylic acids is 4. The number of hydrogen-bond donors (Lipinski definition) is 3. The van der Waals surface area contributed by atoms with Gasteiger partial charge in [-0.25, -0.2) is 9.13 Å². The summed E-state index contributed by atoms with van der Waals surface area (Å²) in [6.07, 6.45) is 54.3. The van der Waals surface area contributed by atoms with Gasteiger partial charge in [0, 0.05) is 25.7 Å². The Bertz CT molecular complexity index is 1920. The van der Waals surface area contributed by atoms with Crippen LogP contribution in [-0.4, -0.2) is 96.7 Å². The maximum absolute atomic E-state index is 13.1. The molecule has 0 fully saturated rings. The summed E-state index contributed by atoms with van der Waals surface area (Å²) < 4.78 is 68.6. The quantitative estimate of drug-likeness (QED) is 0.0222. The summed E-state index contributed by atoms with van der Waals surface area (Å²) in [5, 5.41) is 10.6. The van der Waals surface area contributed by atoms with Gasteiger partial charge in [-0.2, -0.15) is 0 Å². The lowest BCUT2D eigenvalue weighted by atomic mass is 10.0. The molecule has 3 N–H and O–H groups in total. The normalized spacial score (nSPS) is 14.1. The van der Waals surface area contributed by atoms with Gasteiger partial charge in [-0.05, 0) is 49.4 Å². The Labute approximate surface area is 600 Å². The Morgan fingerprint density at radius 3 is 0.633 bits per heavy atom. The minimum atomic E-state index is -4.96. The molecular weight excluding hydrogens is 1280 g/mol. The van der Waals surface area contributed by atoms with Crippen LogP contribution in [0.25, 0.3) is 0 Å². The van der Waals surface area contributed by atoms with E-state index in [9.17, 15) is 43.2 Å². The van der Waals surface area contributed by atoms with Crippen LogP contribution in [-0.2, 0) is 65.4 Å². The minimum absolute atomic E-state index is 0.105. The van der Waals surface area contributed by atoms with Crippen molar-refractivity contribution in [3.63, 3.8) is 0 Å². The van der Waals surface area contributed by atoms with Crippen LogP contribution in [0.5, 0.6) is 0 Å². The van der Waals surface area contributed by atoms with Gasteiger partial charge in [-0.3, -0.25) is 37.3 Å². The molecule has 0 amide bonds. The molecule has 0 heterocycles. The van der Waals surface area contributed by atoms with Crippen LogP contribution < -0.4 is 0 Å². The van der Waals surface area contributed by atoms with Gasteiger partial charge in [-0.1, -0.05) is 351 Å². The number of unbranched alkanes of at least 4 members (excludes halogenated alkanes) is 42. The smallest absolute Gasteiger partial charge is 0.462 e. The maximum atomic E-state index is 13.1. The third-order valence-corrected chi connectivity index (χ3v) is 20.2. The number of carbonyl (C=O) groups is 4. The minimum Gasteiger partial charge on any atom is -0.462 e. The van der Waals surface area contributed by atoms with E-state index >= 15 is 0 Å². The number of phosphoric ester groups is 2. The molecule has 582 valence electrons. The second-order valence-electron chi connectivity index (χ2n) is 30.4. The van der Waals surface area contributed by atoms with Crippen LogP contribution in [0.4, 0.5) is 0 Å². The molecule has 0 aliphatic heterocycles. The highest BCUT2D eigenvalue weighted by atomic mass is 31.2. The molecule has 0 saturated carbocycles. The summed E-state index contributed by atoms with van der Waals surface area (Å²) >= 11 is 0. The molecule has 0 aliphatic carbocycles. The molecule has 5 atom stereocenters. The number of rotatable bonds is 76. The topological polar surface area (TPSA) is 237 Å². The van der Waals surface area contributed by atoms with Crippen molar-refractivity contribution in [3.8, 4) is 0 Å². The zero-order valence-corrected chi connectivity index (χ0v) is 66.2. The van der Waals surface area contributed by atoms with Crippen molar-refractivity contribution in [2.75, 3.05) is 39.6 Å². The zero-order chi connectivity index (χ0) is 72.4. The van der Waals surface area contributed by atoms with E-state index in [2.05, 4.69) is 55.4 Å². The molecule has 0 bridgehead atoms. The van der Waals surface area contributed by atoms with E-state index in [4.69, 9.17) is 37.0 Å². The second kappa shape index (κ2) is 68.2. The van der Waals surface area contributed by atoms with E-state index in [0.717, 1.165) is 114 Å². The standard InChI is InChI=1S/C79H154O17P2/c1-69(2)55-47-39-31-24-18-15-13-11-9-10-12-14-16-20-27-35-43-51-59-76(81)89-65-74(95-79(84)62-54-46-37-29-23-22-26-33-41-49-57-71(5)6)67-93-97(85,86)91-63-73(80)64-92-98(87,88)94-68-75(66-90-77(82)60-52-44-38-30-34-42-50-58-72(7)8)96-78(83)61-53-45-36-28-21-17-19-25-32-40-48-56-70(3)4/h69-75,80H,9-68H2,1-8H3,(H,85,86)(H,87,88)/t73?,74-,75-/m1/s1. The number of ether oxygens (including phenoxy) is 4. The maximum Gasteiger partial charge on any atom is 0.472 e. The molecule has 0 rings (SSSR count). The van der Waals surface area contributed by atoms with Crippen molar-refractivity contribution in [2.45, 2.75) is 420 Å². The summed E-state index contributed by atoms with van der Waals surface area (Å²) in [5.41, 5.74) is 0. The van der Waals surface area contributed by atoms with Gasteiger partial charge in [0.1, 0.15) is 19.3 Å². The lowest BCUT2D eigenvalue weighted by Crippen LogP contribution is -2.30. The van der Waals surface area contributed by atoms with Gasteiger partial charge >= 0.3 is 39.5 Å². The third kappa shape index (κ3) is 72.4. The fourth-order valence-electron chi connectivity index (χ4n) is 12.1. The lowest BCUT2D eigenvalue weighted by molar-refractivity contribution is -0.161. The fourth-order valence-corrected chi connectivity index (χ4v) is 13.7. The predicted octanol–water partition coefficient (Wildman–Crippen LogP) is 23.2. The van der Waals surface area contributed by atoms with Gasteiger partial charge in [0.05, 0.1) is 26.4 Å². The summed E-state index contributed by atoms with van der Waals surface area (Å²) in [5.74, 6) is 0.927. The highest BCUT2D eigenvalue weighted by Gasteiger charge is 2.30. The molecule has 0 aliphatic rings. The summed E-state index contributed by atoms with van der Waals surface area (Å²) in [6.45, 7) is 14.2. The van der Waals surface area contributed by atoms with Crippen LogP contribution in [0.3, 0.4) is 0 Å². The van der Waals surface area contributed by atoms with E-state index in [1.165, 1.54) is 199 Å². The van der Waals surface area contributed by atoms with Gasteiger partial charge in [0.15, 0.2) is 12.2 Å². The first kappa shape index (κ1) is 96.1. The Balaban J connectivity index is 5.19. The molecule has 0 aromatic rings. The van der Waals surface area contributed by atoms with Crippen LogP contribution >= 0.6 is 15.6 Å². The van der Waals surface area contributed by atoms with Gasteiger partial charge < -0.3 is 33.8 Å². The van der Waals surface area contributed by atoms with E-state index in [-0.39, 0.29) is 25.7 Å². The van der Waals surface area contributed by atoms with Crippen molar-refractivity contribution < 1.29 is 80.2 Å². The Morgan fingerprint density at radius 2 is 0.429 bits per heavy atom. The number of esters is 4. The van der Waals surface area contributed by atoms with E-state index < -0.39 is 97.5 Å². The lowest BCUT2D eigenvalue weighted by Gasteiger charge is -2.21. The molecule has 0 aromatic carbocycles. The number of aliphatic hydroxyl groups excluding tert-OH is 1. The third-order valence-electron chi connectivity index (χ3n) is 18.3. The molecule has 19 heteroatoms. The first-order valence-corrected chi connectivity index (χ1v) is 43.7. The summed E-state index contributed by atoms with van der Waals surface area (Å²) in [4.78, 5) is 72.9. The highest BCUT2D eigenvalue weighted by Crippen LogP contribution is 2.45. The van der Waals surface area contributed by atoms with Crippen molar-refractivity contribution in [1.82, 2.24) is 0 Å². The molecule has 3 unspecified atom stereocenters. The average Bonchev–Trinajstić information content (AvgIpc) is 1.07. The monoisotopic (exact) mass is 1440 g/mol. The SMILES string of the molecule is CC(C)CCCCCCCCCCCCCCCCCCCCC(=O)OC[C@H](COP(=O)(O)OCC(O)COP(=O)(O)OC[C@@H](COC(=O)CCCCCCCCCC(C)C)OC(=O)CCCCCCCCCCCCCC(C)C)OC(=O)CCCCCCCCCCCCC(C)C. The van der Waals surface area contributed by atoms with Gasteiger partial charge in [0.2, 0.25) is 0 Å². The van der Waals surface area contributed by atoms with Crippen LogP contribution in [0, 0.1) is 23.7 Å². The molecule has 0 radical (unpaired) electrons. The molecule has 0 saturated heterocycles. The fraction of sp³-hybridized carbons (Fsp3) is 0.949. The van der Waals surface area contributed by atoms with Crippen LogP contribution in [0.1, 0.15) is 402 Å². The second-order valence-corrected chi connectivity index (χ2v) is 33.3. The summed E-state index contributed by atoms with van der Waals surface area (Å²) in [6, 6.07) is 0. The highest BCUT2D eigenvalue weighted by molar-refractivity contribution is 7.47. The van der Waals surface area contributed by atoms with Crippen LogP contribution in [0.15, 0.2) is 0 Å². The van der Waals surface area contributed by atoms with Crippen LogP contribution in [0.2, 0.25) is 0 Å². The first-order valence-electron chi connectivity index (χ1n) is 40.7. The molecule has 98 heavy (non-hydrogen) atoms. The van der Waals surface area contributed by atoms with Crippen molar-refractivity contribution in [3.05, 3.63) is 0 Å². The summed E-state index contributed by atoms with van der Waals surface area (Å²) in [7, 11) is -9.92. The van der Waals surface area contributed by atoms with Gasteiger partial charge in [0.25, 0.3) is 0 Å². The Hall–Kier alpha value is -1.94. The molecule has 0 aromatic heterocycles. The first-order chi connectivity index (χ1) is 47.1. The molecular formula is C79H154O17P2.